The largest absolute Gasteiger partial charge is 0.353 e. The van der Waals surface area contributed by atoms with Gasteiger partial charge in [-0.3, -0.25) is 9.78 Å². The summed E-state index contributed by atoms with van der Waals surface area (Å²) in [4.78, 5) is 27.9. The van der Waals surface area contributed by atoms with Crippen LogP contribution in [0, 0.1) is 13.8 Å². The van der Waals surface area contributed by atoms with Crippen molar-refractivity contribution in [3.8, 4) is 0 Å². The van der Waals surface area contributed by atoms with Crippen LogP contribution < -0.4 is 15.4 Å². The number of piperazine rings is 1. The third-order valence-corrected chi connectivity index (χ3v) is 3.93. The first-order valence-corrected chi connectivity index (χ1v) is 7.13. The predicted octanol–water partition coefficient (Wildman–Crippen LogP) is 1.11. The summed E-state index contributed by atoms with van der Waals surface area (Å²) in [7, 11) is 0. The van der Waals surface area contributed by atoms with E-state index in [9.17, 15) is 4.79 Å². The van der Waals surface area contributed by atoms with Gasteiger partial charge in [0.05, 0.1) is 0 Å². The first kappa shape index (κ1) is 13.6. The minimum atomic E-state index is -0.0512. The number of hydrogen-bond donors (Lipinski definition) is 1. The average Bonchev–Trinajstić information content (AvgIpc) is 2.53. The molecule has 0 radical (unpaired) electrons. The lowest BCUT2D eigenvalue weighted by Crippen LogP contribution is -2.47. The van der Waals surface area contributed by atoms with E-state index < -0.39 is 0 Å². The van der Waals surface area contributed by atoms with Gasteiger partial charge in [0.1, 0.15) is 5.82 Å². The van der Waals surface area contributed by atoms with E-state index in [4.69, 9.17) is 0 Å². The summed E-state index contributed by atoms with van der Waals surface area (Å²) in [5.41, 5.74) is 1.43. The molecule has 1 saturated heterocycles. The number of aromatic amines is 1. The molecule has 0 aliphatic carbocycles. The molecule has 6 nitrogen and oxygen atoms in total. The summed E-state index contributed by atoms with van der Waals surface area (Å²) >= 11 is 0. The van der Waals surface area contributed by atoms with Crippen molar-refractivity contribution in [3.05, 3.63) is 46.0 Å². The Balaban J connectivity index is 1.73. The number of anilines is 2. The normalized spacial score (nSPS) is 15.3. The zero-order valence-electron chi connectivity index (χ0n) is 12.3. The molecule has 1 N–H and O–H groups in total. The number of aryl methyl sites for hydroxylation is 1. The van der Waals surface area contributed by atoms with E-state index in [0.29, 0.717) is 11.5 Å². The van der Waals surface area contributed by atoms with Gasteiger partial charge in [-0.05, 0) is 26.0 Å². The zero-order valence-corrected chi connectivity index (χ0v) is 12.3. The monoisotopic (exact) mass is 285 g/mol. The summed E-state index contributed by atoms with van der Waals surface area (Å²) in [5, 5.41) is 0. The molecule has 0 unspecified atom stereocenters. The Morgan fingerprint density at radius 3 is 2.43 bits per heavy atom. The molecule has 21 heavy (non-hydrogen) atoms. The molecule has 110 valence electrons. The number of H-pyrrole nitrogens is 1. The summed E-state index contributed by atoms with van der Waals surface area (Å²) in [6, 6.07) is 5.94. The van der Waals surface area contributed by atoms with Gasteiger partial charge in [0.2, 0.25) is 5.95 Å². The first-order valence-electron chi connectivity index (χ1n) is 7.13. The fraction of sp³-hybridized carbons (Fsp3) is 0.400. The zero-order chi connectivity index (χ0) is 14.8. The highest BCUT2D eigenvalue weighted by molar-refractivity contribution is 5.42. The third kappa shape index (κ3) is 2.74. The molecule has 2 aromatic rings. The summed E-state index contributed by atoms with van der Waals surface area (Å²) < 4.78 is 0. The number of nitrogens with one attached hydrogen (secondary N) is 1. The van der Waals surface area contributed by atoms with E-state index in [-0.39, 0.29) is 5.56 Å². The van der Waals surface area contributed by atoms with Gasteiger partial charge in [-0.2, -0.15) is 0 Å². The molecule has 1 aliphatic heterocycles. The van der Waals surface area contributed by atoms with Crippen molar-refractivity contribution in [1.82, 2.24) is 15.0 Å². The molecule has 0 amide bonds. The molecule has 1 fully saturated rings. The van der Waals surface area contributed by atoms with Crippen molar-refractivity contribution in [3.63, 3.8) is 0 Å². The average molecular weight is 285 g/mol. The molecule has 2 aromatic heterocycles. The molecule has 0 saturated carbocycles. The molecule has 6 heteroatoms. The van der Waals surface area contributed by atoms with Crippen LogP contribution in [-0.4, -0.2) is 41.1 Å². The standard InChI is InChI=1S/C15H19N5O/c1-11-12(2)17-15(18-14(11)21)20-9-7-19(8-10-20)13-5-3-4-6-16-13/h3-6H,7-10H2,1-2H3,(H,17,18,21). The molecular formula is C15H19N5O. The van der Waals surface area contributed by atoms with Crippen LogP contribution in [0.15, 0.2) is 29.2 Å². The van der Waals surface area contributed by atoms with Crippen LogP contribution in [-0.2, 0) is 0 Å². The molecular weight excluding hydrogens is 266 g/mol. The smallest absolute Gasteiger partial charge is 0.255 e. The number of rotatable bonds is 2. The fourth-order valence-corrected chi connectivity index (χ4v) is 2.47. The Morgan fingerprint density at radius 2 is 1.81 bits per heavy atom. The molecule has 1 aliphatic rings. The summed E-state index contributed by atoms with van der Waals surface area (Å²) in [6.45, 7) is 7.05. The highest BCUT2D eigenvalue weighted by Gasteiger charge is 2.20. The van der Waals surface area contributed by atoms with Crippen LogP contribution in [0.25, 0.3) is 0 Å². The van der Waals surface area contributed by atoms with E-state index in [2.05, 4.69) is 24.8 Å². The topological polar surface area (TPSA) is 65.1 Å². The van der Waals surface area contributed by atoms with Crippen LogP contribution in [0.1, 0.15) is 11.3 Å². The van der Waals surface area contributed by atoms with Crippen LogP contribution in [0.3, 0.4) is 0 Å². The molecule has 3 heterocycles. The Labute approximate surface area is 123 Å². The number of pyridine rings is 1. The van der Waals surface area contributed by atoms with Crippen molar-refractivity contribution >= 4 is 11.8 Å². The van der Waals surface area contributed by atoms with Gasteiger partial charge in [0.25, 0.3) is 5.56 Å². The summed E-state index contributed by atoms with van der Waals surface area (Å²) in [6.07, 6.45) is 1.81. The first-order chi connectivity index (χ1) is 10.1. The molecule has 0 bridgehead atoms. The van der Waals surface area contributed by atoms with Gasteiger partial charge >= 0.3 is 0 Å². The van der Waals surface area contributed by atoms with E-state index in [1.807, 2.05) is 31.3 Å². The third-order valence-electron chi connectivity index (χ3n) is 3.93. The lowest BCUT2D eigenvalue weighted by molar-refractivity contribution is 0.632. The van der Waals surface area contributed by atoms with Gasteiger partial charge < -0.3 is 9.80 Å². The Kier molecular flexibility index (Phi) is 3.60. The highest BCUT2D eigenvalue weighted by atomic mass is 16.1. The van der Waals surface area contributed by atoms with Crippen molar-refractivity contribution in [2.75, 3.05) is 36.0 Å². The number of aromatic nitrogens is 3. The van der Waals surface area contributed by atoms with Crippen LogP contribution >= 0.6 is 0 Å². The minimum absolute atomic E-state index is 0.0512. The maximum atomic E-state index is 11.8. The second-order valence-electron chi connectivity index (χ2n) is 5.26. The molecule has 0 atom stereocenters. The van der Waals surface area contributed by atoms with E-state index in [1.54, 1.807) is 6.92 Å². The van der Waals surface area contributed by atoms with Crippen LogP contribution in [0.2, 0.25) is 0 Å². The van der Waals surface area contributed by atoms with E-state index in [0.717, 1.165) is 37.7 Å². The molecule has 0 aromatic carbocycles. The van der Waals surface area contributed by atoms with E-state index >= 15 is 0 Å². The summed E-state index contributed by atoms with van der Waals surface area (Å²) in [5.74, 6) is 1.67. The highest BCUT2D eigenvalue weighted by Crippen LogP contribution is 2.15. The molecule has 0 spiro atoms. The van der Waals surface area contributed by atoms with Crippen LogP contribution in [0.5, 0.6) is 0 Å². The number of nitrogens with zero attached hydrogens (tertiary/aromatic N) is 4. The second kappa shape index (κ2) is 5.55. The maximum Gasteiger partial charge on any atom is 0.255 e. The van der Waals surface area contributed by atoms with Gasteiger partial charge in [-0.25, -0.2) is 9.97 Å². The minimum Gasteiger partial charge on any atom is -0.353 e. The fourth-order valence-electron chi connectivity index (χ4n) is 2.47. The van der Waals surface area contributed by atoms with Gasteiger partial charge in [-0.15, -0.1) is 0 Å². The van der Waals surface area contributed by atoms with E-state index in [1.165, 1.54) is 0 Å². The van der Waals surface area contributed by atoms with Crippen LogP contribution in [0.4, 0.5) is 11.8 Å². The Morgan fingerprint density at radius 1 is 1.10 bits per heavy atom. The second-order valence-corrected chi connectivity index (χ2v) is 5.26. The quantitative estimate of drug-likeness (QED) is 0.895. The van der Waals surface area contributed by atoms with Crippen molar-refractivity contribution < 1.29 is 0 Å². The molecule has 3 rings (SSSR count). The lowest BCUT2D eigenvalue weighted by Gasteiger charge is -2.35. The van der Waals surface area contributed by atoms with Crippen molar-refractivity contribution in [2.45, 2.75) is 13.8 Å². The Bertz CT molecular complexity index is 674. The van der Waals surface area contributed by atoms with Crippen molar-refractivity contribution in [2.24, 2.45) is 0 Å². The number of hydrogen-bond acceptors (Lipinski definition) is 5. The van der Waals surface area contributed by atoms with Gasteiger partial charge in [-0.1, -0.05) is 6.07 Å². The predicted molar refractivity (Wildman–Crippen MR) is 83.0 cm³/mol. The Hall–Kier alpha value is -2.37. The SMILES string of the molecule is Cc1nc(N2CCN(c3ccccn3)CC2)[nH]c(=O)c1C. The van der Waals surface area contributed by atoms with Gasteiger partial charge in [0.15, 0.2) is 0 Å². The van der Waals surface area contributed by atoms with Crippen molar-refractivity contribution in [1.29, 1.82) is 0 Å². The maximum absolute atomic E-state index is 11.8. The lowest BCUT2D eigenvalue weighted by atomic mass is 10.2. The van der Waals surface area contributed by atoms with Gasteiger partial charge in [0, 0.05) is 43.6 Å².